The molecular formula is C23H32N4O7S. The first-order valence-electron chi connectivity index (χ1n) is 11.4. The zero-order chi connectivity index (χ0) is 25.1. The summed E-state index contributed by atoms with van der Waals surface area (Å²) in [6, 6.07) is 5.64. The molecule has 1 heterocycles. The Bertz CT molecular complexity index is 1060. The maximum absolute atomic E-state index is 12.0. The first kappa shape index (κ1) is 26.6. The molecule has 12 heteroatoms. The molecule has 2 N–H and O–H groups in total. The molecule has 0 bridgehead atoms. The van der Waals surface area contributed by atoms with Crippen molar-refractivity contribution in [1.29, 1.82) is 0 Å². The third-order valence-corrected chi connectivity index (χ3v) is 6.05. The van der Waals surface area contributed by atoms with Crippen molar-refractivity contribution in [3.8, 4) is 11.5 Å². The van der Waals surface area contributed by atoms with Gasteiger partial charge in [-0.3, -0.25) is 9.97 Å². The summed E-state index contributed by atoms with van der Waals surface area (Å²) in [6.45, 7) is 3.30. The lowest BCUT2D eigenvalue weighted by atomic mass is 10.1. The van der Waals surface area contributed by atoms with Crippen molar-refractivity contribution in [2.75, 3.05) is 33.5 Å². The largest absolute Gasteiger partial charge is 0.493 e. The SMILES string of the molecule is COCCOc1ccc(CCCOC(=O)NS(=O)(=O)NCc2cnc(C)cn2)c(OCC2CC2)c1. The van der Waals surface area contributed by atoms with Crippen LogP contribution >= 0.6 is 0 Å². The number of methoxy groups -OCH3 is 1. The highest BCUT2D eigenvalue weighted by Gasteiger charge is 2.22. The highest BCUT2D eigenvalue weighted by atomic mass is 32.2. The topological polar surface area (TPSA) is 138 Å². The van der Waals surface area contributed by atoms with Crippen molar-refractivity contribution < 1.29 is 32.2 Å². The van der Waals surface area contributed by atoms with Gasteiger partial charge in [0.25, 0.3) is 0 Å². The van der Waals surface area contributed by atoms with Crippen molar-refractivity contribution in [2.45, 2.75) is 39.2 Å². The predicted molar refractivity (Wildman–Crippen MR) is 127 cm³/mol. The van der Waals surface area contributed by atoms with E-state index in [4.69, 9.17) is 18.9 Å². The van der Waals surface area contributed by atoms with E-state index in [9.17, 15) is 13.2 Å². The fourth-order valence-electron chi connectivity index (χ4n) is 2.98. The highest BCUT2D eigenvalue weighted by Crippen LogP contribution is 2.32. The first-order valence-corrected chi connectivity index (χ1v) is 12.9. The van der Waals surface area contributed by atoms with E-state index >= 15 is 0 Å². The quantitative estimate of drug-likeness (QED) is 0.347. The van der Waals surface area contributed by atoms with Gasteiger partial charge in [0.2, 0.25) is 0 Å². The fourth-order valence-corrected chi connectivity index (χ4v) is 3.67. The zero-order valence-corrected chi connectivity index (χ0v) is 20.8. The normalized spacial score (nSPS) is 13.3. The molecule has 1 fully saturated rings. The Balaban J connectivity index is 1.42. The highest BCUT2D eigenvalue weighted by molar-refractivity contribution is 7.88. The summed E-state index contributed by atoms with van der Waals surface area (Å²) < 4.78 is 49.8. The van der Waals surface area contributed by atoms with Gasteiger partial charge in [0, 0.05) is 19.4 Å². The number of rotatable bonds is 15. The Morgan fingerprint density at radius 2 is 1.94 bits per heavy atom. The molecule has 0 unspecified atom stereocenters. The summed E-state index contributed by atoms with van der Waals surface area (Å²) in [5.74, 6) is 2.03. The summed E-state index contributed by atoms with van der Waals surface area (Å²) in [4.78, 5) is 20.0. The third-order valence-electron chi connectivity index (χ3n) is 5.09. The number of carbonyl (C=O) groups excluding carboxylic acids is 1. The number of aryl methyl sites for hydroxylation is 2. The summed E-state index contributed by atoms with van der Waals surface area (Å²) in [5.41, 5.74) is 2.10. The van der Waals surface area contributed by atoms with Crippen LogP contribution in [0.3, 0.4) is 0 Å². The second-order valence-electron chi connectivity index (χ2n) is 8.18. The number of hydrogen-bond donors (Lipinski definition) is 2. The van der Waals surface area contributed by atoms with Crippen LogP contribution < -0.4 is 18.9 Å². The molecular weight excluding hydrogens is 476 g/mol. The van der Waals surface area contributed by atoms with Crippen LogP contribution in [0, 0.1) is 12.8 Å². The molecule has 0 saturated heterocycles. The molecule has 0 radical (unpaired) electrons. The molecule has 1 aromatic carbocycles. The van der Waals surface area contributed by atoms with E-state index < -0.39 is 16.3 Å². The van der Waals surface area contributed by atoms with Gasteiger partial charge in [-0.1, -0.05) is 6.07 Å². The van der Waals surface area contributed by atoms with Crippen LogP contribution in [0.1, 0.15) is 36.2 Å². The van der Waals surface area contributed by atoms with Gasteiger partial charge >= 0.3 is 16.3 Å². The van der Waals surface area contributed by atoms with Crippen LogP contribution in [0.5, 0.6) is 11.5 Å². The molecule has 192 valence electrons. The van der Waals surface area contributed by atoms with Gasteiger partial charge in [-0.25, -0.2) is 9.52 Å². The molecule has 1 aliphatic carbocycles. The van der Waals surface area contributed by atoms with Crippen molar-refractivity contribution >= 4 is 16.3 Å². The number of nitrogens with zero attached hydrogens (tertiary/aromatic N) is 2. The molecule has 1 amide bonds. The minimum Gasteiger partial charge on any atom is -0.493 e. The number of amides is 1. The van der Waals surface area contributed by atoms with Crippen molar-refractivity contribution in [3.63, 3.8) is 0 Å². The number of nitrogens with one attached hydrogen (secondary N) is 2. The summed E-state index contributed by atoms with van der Waals surface area (Å²) in [6.07, 6.45) is 5.36. The Morgan fingerprint density at radius 3 is 2.66 bits per heavy atom. The van der Waals surface area contributed by atoms with Gasteiger partial charge in [0.15, 0.2) is 0 Å². The molecule has 0 atom stereocenters. The van der Waals surface area contributed by atoms with Gasteiger partial charge in [-0.2, -0.15) is 13.1 Å². The lowest BCUT2D eigenvalue weighted by Gasteiger charge is -2.14. The molecule has 2 aromatic rings. The molecule has 11 nitrogen and oxygen atoms in total. The molecule has 0 spiro atoms. The van der Waals surface area contributed by atoms with Crippen LogP contribution in [0.4, 0.5) is 4.79 Å². The molecule has 1 aliphatic rings. The Labute approximate surface area is 205 Å². The zero-order valence-electron chi connectivity index (χ0n) is 20.0. The fraction of sp³-hybridized carbons (Fsp3) is 0.522. The van der Waals surface area contributed by atoms with Gasteiger partial charge < -0.3 is 18.9 Å². The Hall–Kier alpha value is -2.96. The van der Waals surface area contributed by atoms with Crippen molar-refractivity contribution in [2.24, 2.45) is 5.92 Å². The lowest BCUT2D eigenvalue weighted by Crippen LogP contribution is -2.40. The van der Waals surface area contributed by atoms with Crippen LogP contribution in [0.15, 0.2) is 30.6 Å². The van der Waals surface area contributed by atoms with E-state index in [-0.39, 0.29) is 13.2 Å². The monoisotopic (exact) mass is 508 g/mol. The molecule has 0 aliphatic heterocycles. The van der Waals surface area contributed by atoms with Crippen LogP contribution in [0.2, 0.25) is 0 Å². The van der Waals surface area contributed by atoms with Gasteiger partial charge in [0.1, 0.15) is 18.1 Å². The maximum Gasteiger partial charge on any atom is 0.421 e. The van der Waals surface area contributed by atoms with E-state index in [1.807, 2.05) is 22.9 Å². The van der Waals surface area contributed by atoms with E-state index in [0.717, 1.165) is 11.3 Å². The maximum atomic E-state index is 12.0. The minimum atomic E-state index is -4.09. The second-order valence-corrected chi connectivity index (χ2v) is 9.68. The molecule has 35 heavy (non-hydrogen) atoms. The lowest BCUT2D eigenvalue weighted by molar-refractivity contribution is 0.146. The number of ether oxygens (including phenoxy) is 4. The van der Waals surface area contributed by atoms with Crippen LogP contribution in [-0.2, 0) is 32.6 Å². The van der Waals surface area contributed by atoms with E-state index in [1.54, 1.807) is 14.0 Å². The van der Waals surface area contributed by atoms with Gasteiger partial charge in [-0.15, -0.1) is 0 Å². The van der Waals surface area contributed by atoms with Crippen LogP contribution in [0.25, 0.3) is 0 Å². The van der Waals surface area contributed by atoms with E-state index in [2.05, 4.69) is 14.7 Å². The summed E-state index contributed by atoms with van der Waals surface area (Å²) >= 11 is 0. The predicted octanol–water partition coefficient (Wildman–Crippen LogP) is 2.29. The van der Waals surface area contributed by atoms with Gasteiger partial charge in [0.05, 0.1) is 44.0 Å². The van der Waals surface area contributed by atoms with E-state index in [0.29, 0.717) is 55.7 Å². The second kappa shape index (κ2) is 13.2. The number of hydrogen-bond acceptors (Lipinski definition) is 9. The summed E-state index contributed by atoms with van der Waals surface area (Å²) in [7, 11) is -2.48. The molecule has 3 rings (SSSR count). The number of benzene rings is 1. The minimum absolute atomic E-state index is 0.0406. The van der Waals surface area contributed by atoms with Crippen LogP contribution in [-0.4, -0.2) is 58.0 Å². The van der Waals surface area contributed by atoms with E-state index in [1.165, 1.54) is 25.2 Å². The Morgan fingerprint density at radius 1 is 1.11 bits per heavy atom. The smallest absolute Gasteiger partial charge is 0.421 e. The average Bonchev–Trinajstić information content (AvgIpc) is 3.65. The van der Waals surface area contributed by atoms with Crippen molar-refractivity contribution in [3.05, 3.63) is 47.5 Å². The average molecular weight is 509 g/mol. The number of aromatic nitrogens is 2. The van der Waals surface area contributed by atoms with Crippen molar-refractivity contribution in [1.82, 2.24) is 19.4 Å². The third kappa shape index (κ3) is 10.0. The Kier molecular flexibility index (Phi) is 10.1. The van der Waals surface area contributed by atoms with Gasteiger partial charge in [-0.05, 0) is 50.2 Å². The number of carbonyl (C=O) groups is 1. The molecule has 1 saturated carbocycles. The first-order chi connectivity index (χ1) is 16.8. The summed E-state index contributed by atoms with van der Waals surface area (Å²) in [5, 5.41) is 0. The standard InChI is InChI=1S/C23H32N4O7S/c1-17-13-25-20(14-24-17)15-26-35(29,30)27-23(28)33-9-3-4-19-7-8-21(32-11-10-31-2)12-22(19)34-16-18-5-6-18/h7-8,12-14,18,26H,3-6,9-11,15-16H2,1-2H3,(H,27,28). The molecule has 1 aromatic heterocycles.